The number of hydrogen-bond donors (Lipinski definition) is 1. The van der Waals surface area contributed by atoms with Crippen LogP contribution in [0.4, 0.5) is 16.0 Å². The zero-order valence-corrected chi connectivity index (χ0v) is 12.0. The summed E-state index contributed by atoms with van der Waals surface area (Å²) in [4.78, 5) is 10.7. The van der Waals surface area contributed by atoms with E-state index in [0.29, 0.717) is 12.1 Å². The van der Waals surface area contributed by atoms with E-state index in [1.165, 1.54) is 6.07 Å². The number of benzene rings is 1. The van der Waals surface area contributed by atoms with E-state index in [4.69, 9.17) is 0 Å². The van der Waals surface area contributed by atoms with Crippen molar-refractivity contribution in [2.24, 2.45) is 0 Å². The van der Waals surface area contributed by atoms with E-state index >= 15 is 0 Å². The van der Waals surface area contributed by atoms with E-state index in [-0.39, 0.29) is 5.82 Å². The highest BCUT2D eigenvalue weighted by molar-refractivity contribution is 5.49. The van der Waals surface area contributed by atoms with E-state index < -0.39 is 0 Å². The lowest BCUT2D eigenvalue weighted by molar-refractivity contribution is 0.607. The van der Waals surface area contributed by atoms with Crippen LogP contribution in [0.15, 0.2) is 30.3 Å². The van der Waals surface area contributed by atoms with Crippen molar-refractivity contribution in [1.29, 1.82) is 0 Å². The fourth-order valence-corrected chi connectivity index (χ4v) is 1.93. The van der Waals surface area contributed by atoms with Crippen LogP contribution in [0.1, 0.15) is 18.3 Å². The summed E-state index contributed by atoms with van der Waals surface area (Å²) in [7, 11) is 3.72. The maximum atomic E-state index is 13.7. The van der Waals surface area contributed by atoms with Crippen LogP contribution in [0.2, 0.25) is 0 Å². The van der Waals surface area contributed by atoms with Crippen LogP contribution in [-0.4, -0.2) is 24.1 Å². The molecule has 0 aliphatic rings. The normalized spacial score (nSPS) is 10.4. The third kappa shape index (κ3) is 3.23. The second-order valence-corrected chi connectivity index (χ2v) is 4.58. The first kappa shape index (κ1) is 14.2. The van der Waals surface area contributed by atoms with Crippen molar-refractivity contribution in [3.63, 3.8) is 0 Å². The molecule has 0 radical (unpaired) electrons. The lowest BCUT2D eigenvalue weighted by atomic mass is 10.2. The fourth-order valence-electron chi connectivity index (χ4n) is 1.93. The van der Waals surface area contributed by atoms with Gasteiger partial charge in [0.25, 0.3) is 0 Å². The molecule has 0 spiro atoms. The number of aromatic nitrogens is 2. The second kappa shape index (κ2) is 6.32. The number of nitrogens with one attached hydrogen (secondary N) is 1. The highest BCUT2D eigenvalue weighted by Gasteiger charge is 2.10. The van der Waals surface area contributed by atoms with E-state index in [2.05, 4.69) is 15.3 Å². The van der Waals surface area contributed by atoms with Gasteiger partial charge in [0.2, 0.25) is 0 Å². The molecule has 4 nitrogen and oxygen atoms in total. The molecule has 0 atom stereocenters. The van der Waals surface area contributed by atoms with Gasteiger partial charge in [-0.25, -0.2) is 14.4 Å². The maximum absolute atomic E-state index is 13.7. The van der Waals surface area contributed by atoms with Crippen LogP contribution >= 0.6 is 0 Å². The Bertz CT molecular complexity index is 564. The maximum Gasteiger partial charge on any atom is 0.134 e. The van der Waals surface area contributed by atoms with Crippen LogP contribution in [0.5, 0.6) is 0 Å². The molecule has 1 aromatic carbocycles. The highest BCUT2D eigenvalue weighted by atomic mass is 19.1. The number of halogens is 1. The smallest absolute Gasteiger partial charge is 0.134 e. The van der Waals surface area contributed by atoms with Gasteiger partial charge in [0, 0.05) is 38.7 Å². The summed E-state index contributed by atoms with van der Waals surface area (Å²) in [6.45, 7) is 2.48. The zero-order chi connectivity index (χ0) is 14.5. The molecule has 0 amide bonds. The Balaban J connectivity index is 2.24. The Morgan fingerprint density at radius 2 is 2.00 bits per heavy atom. The van der Waals surface area contributed by atoms with Crippen molar-refractivity contribution in [1.82, 2.24) is 9.97 Å². The van der Waals surface area contributed by atoms with Gasteiger partial charge in [-0.05, 0) is 6.07 Å². The molecule has 1 aromatic heterocycles. The Labute approximate surface area is 118 Å². The molecule has 0 aliphatic carbocycles. The molecule has 0 aliphatic heterocycles. The predicted molar refractivity (Wildman–Crippen MR) is 79.5 cm³/mol. The highest BCUT2D eigenvalue weighted by Crippen LogP contribution is 2.18. The molecule has 0 saturated carbocycles. The largest absolute Gasteiger partial charge is 0.373 e. The summed E-state index contributed by atoms with van der Waals surface area (Å²) < 4.78 is 13.7. The van der Waals surface area contributed by atoms with Crippen LogP contribution < -0.4 is 10.2 Å². The molecule has 1 N–H and O–H groups in total. The van der Waals surface area contributed by atoms with Gasteiger partial charge in [0.1, 0.15) is 23.3 Å². The SMILES string of the molecule is CCc1nc(NC)cc(N(C)Cc2ccccc2F)n1. The molecule has 0 unspecified atom stereocenters. The minimum Gasteiger partial charge on any atom is -0.373 e. The van der Waals surface area contributed by atoms with E-state index in [1.807, 2.05) is 38.1 Å². The molecule has 0 bridgehead atoms. The summed E-state index contributed by atoms with van der Waals surface area (Å²) in [5, 5.41) is 3.02. The first-order valence-corrected chi connectivity index (χ1v) is 6.64. The Morgan fingerprint density at radius 1 is 1.25 bits per heavy atom. The molecule has 1 heterocycles. The minimum atomic E-state index is -0.196. The third-order valence-electron chi connectivity index (χ3n) is 3.09. The van der Waals surface area contributed by atoms with Gasteiger partial charge >= 0.3 is 0 Å². The Morgan fingerprint density at radius 3 is 2.65 bits per heavy atom. The molecule has 2 rings (SSSR count). The molecule has 106 valence electrons. The van der Waals surface area contributed by atoms with Gasteiger partial charge in [-0.15, -0.1) is 0 Å². The van der Waals surface area contributed by atoms with Crippen LogP contribution in [0, 0.1) is 5.82 Å². The Hall–Kier alpha value is -2.17. The summed E-state index contributed by atoms with van der Waals surface area (Å²) >= 11 is 0. The van der Waals surface area contributed by atoms with Crippen molar-refractivity contribution in [2.45, 2.75) is 19.9 Å². The Kier molecular flexibility index (Phi) is 4.50. The van der Waals surface area contributed by atoms with Crippen molar-refractivity contribution >= 4 is 11.6 Å². The van der Waals surface area contributed by atoms with Crippen molar-refractivity contribution in [3.8, 4) is 0 Å². The average Bonchev–Trinajstić information content (AvgIpc) is 2.48. The number of aryl methyl sites for hydroxylation is 1. The summed E-state index contributed by atoms with van der Waals surface area (Å²) in [5.41, 5.74) is 0.651. The monoisotopic (exact) mass is 274 g/mol. The minimum absolute atomic E-state index is 0.196. The van der Waals surface area contributed by atoms with Crippen molar-refractivity contribution in [3.05, 3.63) is 47.5 Å². The number of hydrogen-bond acceptors (Lipinski definition) is 4. The number of rotatable bonds is 5. The van der Waals surface area contributed by atoms with Gasteiger partial charge in [0.15, 0.2) is 0 Å². The quantitative estimate of drug-likeness (QED) is 0.910. The molecule has 2 aromatic rings. The van der Waals surface area contributed by atoms with Crippen molar-refractivity contribution < 1.29 is 4.39 Å². The van der Waals surface area contributed by atoms with Gasteiger partial charge in [0.05, 0.1) is 0 Å². The first-order valence-electron chi connectivity index (χ1n) is 6.64. The lowest BCUT2D eigenvalue weighted by Gasteiger charge is -2.19. The second-order valence-electron chi connectivity index (χ2n) is 4.58. The van der Waals surface area contributed by atoms with E-state index in [1.54, 1.807) is 12.1 Å². The molecule has 0 saturated heterocycles. The van der Waals surface area contributed by atoms with Gasteiger partial charge in [-0.3, -0.25) is 0 Å². The number of anilines is 2. The van der Waals surface area contributed by atoms with E-state index in [9.17, 15) is 4.39 Å². The molecule has 0 fully saturated rings. The topological polar surface area (TPSA) is 41.1 Å². The average molecular weight is 274 g/mol. The fraction of sp³-hybridized carbons (Fsp3) is 0.333. The lowest BCUT2D eigenvalue weighted by Crippen LogP contribution is -2.19. The van der Waals surface area contributed by atoms with Gasteiger partial charge < -0.3 is 10.2 Å². The standard InChI is InChI=1S/C15H19FN4/c1-4-13-18-14(17-2)9-15(19-13)20(3)10-11-7-5-6-8-12(11)16/h5-9H,4,10H2,1-3H3,(H,17,18,19). The first-order chi connectivity index (χ1) is 9.63. The molecule has 20 heavy (non-hydrogen) atoms. The van der Waals surface area contributed by atoms with Crippen LogP contribution in [0.3, 0.4) is 0 Å². The molecular weight excluding hydrogens is 255 g/mol. The van der Waals surface area contributed by atoms with Crippen LogP contribution in [-0.2, 0) is 13.0 Å². The third-order valence-corrected chi connectivity index (χ3v) is 3.09. The summed E-state index contributed by atoms with van der Waals surface area (Å²) in [6, 6.07) is 8.65. The zero-order valence-electron chi connectivity index (χ0n) is 12.0. The van der Waals surface area contributed by atoms with Gasteiger partial charge in [-0.2, -0.15) is 0 Å². The summed E-state index contributed by atoms with van der Waals surface area (Å²) in [5.74, 6) is 2.13. The molecule has 5 heteroatoms. The summed E-state index contributed by atoms with van der Waals surface area (Å²) in [6.07, 6.45) is 0.760. The predicted octanol–water partition coefficient (Wildman–Crippen LogP) is 2.86. The van der Waals surface area contributed by atoms with Crippen LogP contribution in [0.25, 0.3) is 0 Å². The molecular formula is C15H19FN4. The van der Waals surface area contributed by atoms with Crippen molar-refractivity contribution in [2.75, 3.05) is 24.3 Å². The number of nitrogens with zero attached hydrogens (tertiary/aromatic N) is 3. The van der Waals surface area contributed by atoms with E-state index in [0.717, 1.165) is 23.9 Å². The van der Waals surface area contributed by atoms with Gasteiger partial charge in [-0.1, -0.05) is 25.1 Å².